The average molecular weight is 502 g/mol. The summed E-state index contributed by atoms with van der Waals surface area (Å²) in [4.78, 5) is 42.5. The fourth-order valence-electron chi connectivity index (χ4n) is 0.936. The van der Waals surface area contributed by atoms with Crippen molar-refractivity contribution in [2.24, 2.45) is 0 Å². The number of hydrogen-bond acceptors (Lipinski definition) is 8. The molecule has 0 aromatic rings. The van der Waals surface area contributed by atoms with Crippen LogP contribution >= 0.6 is 0 Å². The molecule has 8 nitrogen and oxygen atoms in total. The molecule has 0 fully saturated rings. The summed E-state index contributed by atoms with van der Waals surface area (Å²) >= 11 is 0. The molecular formula is C8BF12KO8. The number of alkyl halides is 12. The summed E-state index contributed by atoms with van der Waals surface area (Å²) in [6.07, 6.45) is -25.6. The zero-order chi connectivity index (χ0) is 23.6. The van der Waals surface area contributed by atoms with Crippen LogP contribution in [0.15, 0.2) is 0 Å². The molecule has 0 amide bonds. The van der Waals surface area contributed by atoms with Gasteiger partial charge in [0, 0.05) is 0 Å². The molecule has 0 saturated heterocycles. The van der Waals surface area contributed by atoms with Crippen molar-refractivity contribution >= 4 is 30.8 Å². The van der Waals surface area contributed by atoms with E-state index in [-0.39, 0.29) is 51.4 Å². The topological polar surface area (TPSA) is 105 Å². The summed E-state index contributed by atoms with van der Waals surface area (Å²) in [6, 6.07) is 0. The fourth-order valence-corrected chi connectivity index (χ4v) is 0.936. The second-order valence-corrected chi connectivity index (χ2v) is 4.19. The van der Waals surface area contributed by atoms with Gasteiger partial charge in [0.15, 0.2) is 0 Å². The Balaban J connectivity index is 0. The number of rotatable bonds is 4. The van der Waals surface area contributed by atoms with Crippen molar-refractivity contribution < 1.29 is 142 Å². The molecule has 0 unspecified atom stereocenters. The normalized spacial score (nSPS) is 12.9. The summed E-state index contributed by atoms with van der Waals surface area (Å²) in [6.45, 7) is -6.72. The third kappa shape index (κ3) is 9.70. The van der Waals surface area contributed by atoms with Crippen LogP contribution in [0, 0.1) is 0 Å². The van der Waals surface area contributed by atoms with Crippen molar-refractivity contribution in [1.29, 1.82) is 0 Å². The molecule has 0 N–H and O–H groups in total. The minimum absolute atomic E-state index is 0. The Kier molecular flexibility index (Phi) is 10.2. The van der Waals surface area contributed by atoms with Crippen LogP contribution in [0.25, 0.3) is 0 Å². The minimum Gasteiger partial charge on any atom is -0.578 e. The largest absolute Gasteiger partial charge is 1.00 e. The molecule has 30 heavy (non-hydrogen) atoms. The quantitative estimate of drug-likeness (QED) is 0.351. The first-order valence-corrected chi connectivity index (χ1v) is 5.84. The molecule has 0 aliphatic carbocycles. The Morgan fingerprint density at radius 1 is 0.433 bits per heavy atom. The minimum atomic E-state index is -6.72. The Morgan fingerprint density at radius 2 is 0.567 bits per heavy atom. The van der Waals surface area contributed by atoms with Crippen molar-refractivity contribution in [2.75, 3.05) is 0 Å². The molecule has 0 saturated carbocycles. The molecule has 168 valence electrons. The van der Waals surface area contributed by atoms with E-state index in [0.29, 0.717) is 0 Å². The number of carbonyl (C=O) groups excluding carboxylic acids is 4. The van der Waals surface area contributed by atoms with Gasteiger partial charge < -0.3 is 18.6 Å². The van der Waals surface area contributed by atoms with Gasteiger partial charge in [-0.15, -0.1) is 0 Å². The van der Waals surface area contributed by atoms with E-state index < -0.39 is 55.5 Å². The predicted octanol–water partition coefficient (Wildman–Crippen LogP) is -1.15. The van der Waals surface area contributed by atoms with Gasteiger partial charge in [0.2, 0.25) is 0 Å². The van der Waals surface area contributed by atoms with Gasteiger partial charge in [-0.05, 0) is 0 Å². The maximum atomic E-state index is 12.1. The summed E-state index contributed by atoms with van der Waals surface area (Å²) in [5, 5.41) is 0. The van der Waals surface area contributed by atoms with Crippen LogP contribution in [0.2, 0.25) is 0 Å². The molecule has 0 spiro atoms. The van der Waals surface area contributed by atoms with Crippen LogP contribution in [-0.4, -0.2) is 55.5 Å². The van der Waals surface area contributed by atoms with Crippen LogP contribution in [-0.2, 0) is 37.8 Å². The van der Waals surface area contributed by atoms with Crippen LogP contribution < -0.4 is 51.4 Å². The maximum absolute atomic E-state index is 12.1. The molecule has 0 atom stereocenters. The number of halogens is 12. The van der Waals surface area contributed by atoms with Crippen molar-refractivity contribution in [3.63, 3.8) is 0 Å². The molecule has 0 rings (SSSR count). The SMILES string of the molecule is O=C(O[B-](OC(=O)C(F)(F)F)(OC(=O)C(F)(F)F)OC(=O)C(F)(F)F)C(F)(F)F.[K+]. The van der Waals surface area contributed by atoms with Gasteiger partial charge in [-0.25, -0.2) is 19.2 Å². The van der Waals surface area contributed by atoms with E-state index in [4.69, 9.17) is 0 Å². The molecule has 22 heteroatoms. The molecule has 0 heterocycles. The fraction of sp³-hybridized carbons (Fsp3) is 0.500. The molecule has 0 bridgehead atoms. The van der Waals surface area contributed by atoms with Crippen molar-refractivity contribution in [2.45, 2.75) is 24.7 Å². The molecule has 0 radical (unpaired) electrons. The summed E-state index contributed by atoms with van der Waals surface area (Å²) in [7, 11) is 0. The van der Waals surface area contributed by atoms with Crippen LogP contribution in [0.3, 0.4) is 0 Å². The predicted molar refractivity (Wildman–Crippen MR) is 54.3 cm³/mol. The standard InChI is InChI=1S/C8BF12O8.K/c10-5(11,12)1(22)26-9(27-2(23)6(13,14)15,28-3(24)7(16,17)18)29-4(25)8(19,20)21;/q-1;+1. The molecule has 0 aromatic heterocycles. The van der Waals surface area contributed by atoms with Gasteiger partial charge in [-0.2, -0.15) is 52.7 Å². The van der Waals surface area contributed by atoms with Gasteiger partial charge in [0.25, 0.3) is 0 Å². The van der Waals surface area contributed by atoms with Gasteiger partial charge in [-0.1, -0.05) is 0 Å². The first kappa shape index (κ1) is 30.9. The van der Waals surface area contributed by atoms with Gasteiger partial charge in [0.1, 0.15) is 0 Å². The smallest absolute Gasteiger partial charge is 0.578 e. The average Bonchev–Trinajstić information content (AvgIpc) is 2.42. The van der Waals surface area contributed by atoms with Crippen LogP contribution in [0.4, 0.5) is 52.7 Å². The van der Waals surface area contributed by atoms with Crippen LogP contribution in [0.5, 0.6) is 0 Å². The molecule has 0 aliphatic rings. The van der Waals surface area contributed by atoms with E-state index in [1.54, 1.807) is 0 Å². The summed E-state index contributed by atoms with van der Waals surface area (Å²) < 4.78 is 156. The molecule has 0 aromatic carbocycles. The first-order valence-electron chi connectivity index (χ1n) is 5.84. The first-order chi connectivity index (χ1) is 12.5. The Bertz CT molecular complexity index is 562. The third-order valence-corrected chi connectivity index (χ3v) is 1.93. The van der Waals surface area contributed by atoms with E-state index in [0.717, 1.165) is 0 Å². The van der Waals surface area contributed by atoms with Gasteiger partial charge in [-0.3, -0.25) is 0 Å². The van der Waals surface area contributed by atoms with E-state index in [1.807, 2.05) is 0 Å². The number of carbonyl (C=O) groups is 4. The van der Waals surface area contributed by atoms with E-state index >= 15 is 0 Å². The Morgan fingerprint density at radius 3 is 0.667 bits per heavy atom. The van der Waals surface area contributed by atoms with E-state index in [9.17, 15) is 71.9 Å². The summed E-state index contributed by atoms with van der Waals surface area (Å²) in [5.41, 5.74) is 0. The second-order valence-electron chi connectivity index (χ2n) is 4.19. The van der Waals surface area contributed by atoms with Crippen molar-refractivity contribution in [1.82, 2.24) is 0 Å². The maximum Gasteiger partial charge on any atom is 1.00 e. The van der Waals surface area contributed by atoms with Gasteiger partial charge >= 0.3 is 107 Å². The third-order valence-electron chi connectivity index (χ3n) is 1.93. The zero-order valence-corrected chi connectivity index (χ0v) is 16.5. The van der Waals surface area contributed by atoms with Gasteiger partial charge in [0.05, 0.1) is 0 Å². The number of hydrogen-bond donors (Lipinski definition) is 0. The zero-order valence-electron chi connectivity index (χ0n) is 13.4. The summed E-state index contributed by atoms with van der Waals surface area (Å²) in [5.74, 6) is -15.9. The monoisotopic (exact) mass is 502 g/mol. The Hall–Kier alpha value is -1.26. The van der Waals surface area contributed by atoms with Crippen LogP contribution in [0.1, 0.15) is 0 Å². The molecule has 0 aliphatic heterocycles. The molecular weight excluding hydrogens is 502 g/mol. The van der Waals surface area contributed by atoms with E-state index in [2.05, 4.69) is 18.6 Å². The Labute approximate surface area is 196 Å². The second kappa shape index (κ2) is 9.91. The van der Waals surface area contributed by atoms with E-state index in [1.165, 1.54) is 0 Å². The van der Waals surface area contributed by atoms with Crippen molar-refractivity contribution in [3.05, 3.63) is 0 Å². The van der Waals surface area contributed by atoms with Crippen molar-refractivity contribution in [3.8, 4) is 0 Å².